The van der Waals surface area contributed by atoms with Crippen molar-refractivity contribution in [2.75, 3.05) is 18.6 Å². The highest BCUT2D eigenvalue weighted by molar-refractivity contribution is 5.53. The Bertz CT molecular complexity index is 1070. The van der Waals surface area contributed by atoms with E-state index in [1.807, 2.05) is 47.3 Å². The summed E-state index contributed by atoms with van der Waals surface area (Å²) in [6, 6.07) is 18.0. The highest BCUT2D eigenvalue weighted by Gasteiger charge is 2.43. The number of nitrogens with two attached hydrogens (primary N) is 3. The number of fused-ring (bicyclic) bond motifs is 1. The molecule has 0 spiro atoms. The van der Waals surface area contributed by atoms with Crippen molar-refractivity contribution in [2.24, 2.45) is 17.2 Å². The fraction of sp³-hybridized carbons (Fsp3) is 0.400. The minimum absolute atomic E-state index is 0.0957. The Hall–Kier alpha value is -2.91. The van der Waals surface area contributed by atoms with E-state index in [1.165, 1.54) is 0 Å². The lowest BCUT2D eigenvalue weighted by atomic mass is 10.0. The summed E-state index contributed by atoms with van der Waals surface area (Å²) in [5, 5.41) is 4.70. The van der Waals surface area contributed by atoms with Crippen LogP contribution in [-0.2, 0) is 0 Å². The third kappa shape index (κ3) is 4.11. The summed E-state index contributed by atoms with van der Waals surface area (Å²) in [5.41, 5.74) is 23.4. The van der Waals surface area contributed by atoms with Crippen LogP contribution in [0, 0.1) is 0 Å². The van der Waals surface area contributed by atoms with Crippen molar-refractivity contribution in [3.8, 4) is 5.75 Å². The van der Waals surface area contributed by atoms with Crippen molar-refractivity contribution in [1.29, 1.82) is 0 Å². The number of nitrogens with zero attached hydrogens (tertiary/aromatic N) is 4. The van der Waals surface area contributed by atoms with Gasteiger partial charge in [-0.3, -0.25) is 11.5 Å². The van der Waals surface area contributed by atoms with Crippen LogP contribution in [0.5, 0.6) is 5.75 Å². The highest BCUT2D eigenvalue weighted by Crippen LogP contribution is 2.42. The van der Waals surface area contributed by atoms with Gasteiger partial charge in [0.2, 0.25) is 0 Å². The van der Waals surface area contributed by atoms with E-state index in [1.54, 1.807) is 7.11 Å². The van der Waals surface area contributed by atoms with Crippen LogP contribution in [0.25, 0.3) is 0 Å². The molecule has 0 bridgehead atoms. The number of benzene rings is 2. The summed E-state index contributed by atoms with van der Waals surface area (Å²) in [6.45, 7) is 6.80. The van der Waals surface area contributed by atoms with Crippen LogP contribution in [0.2, 0.25) is 0 Å². The number of methoxy groups -OCH3 is 1. The van der Waals surface area contributed by atoms with Crippen molar-refractivity contribution in [1.82, 2.24) is 14.7 Å². The average molecular weight is 450 g/mol. The van der Waals surface area contributed by atoms with Gasteiger partial charge < -0.3 is 15.4 Å². The molecular formula is C25H35N7O. The standard InChI is InChI=1S/C25H35N7O/c1-16(2)21-15-29-32-23(21)31(22(14-26)18-9-6-5-7-10-18)24(27)30(25(32)28)17(3)19-11-8-12-20(13-19)33-4/h5-13,15-17,22,24-25H,14,26-28H2,1-4H3/t17-,22?,24?,25?/m0/s1. The lowest BCUT2D eigenvalue weighted by Gasteiger charge is -2.51. The molecule has 3 unspecified atom stereocenters. The normalized spacial score (nSPS) is 20.5. The van der Waals surface area contributed by atoms with Crippen LogP contribution >= 0.6 is 0 Å². The topological polar surface area (TPSA) is 112 Å². The highest BCUT2D eigenvalue weighted by atomic mass is 16.5. The predicted molar refractivity (Wildman–Crippen MR) is 131 cm³/mol. The number of hydrogen-bond donors (Lipinski definition) is 3. The molecule has 176 valence electrons. The van der Waals surface area contributed by atoms with Gasteiger partial charge in [-0.2, -0.15) is 5.10 Å². The summed E-state index contributed by atoms with van der Waals surface area (Å²) in [4.78, 5) is 4.25. The molecule has 33 heavy (non-hydrogen) atoms. The van der Waals surface area contributed by atoms with Gasteiger partial charge in [-0.05, 0) is 36.1 Å². The zero-order valence-electron chi connectivity index (χ0n) is 19.8. The van der Waals surface area contributed by atoms with E-state index < -0.39 is 12.6 Å². The largest absolute Gasteiger partial charge is 0.497 e. The molecule has 1 aromatic heterocycles. The van der Waals surface area contributed by atoms with E-state index in [-0.39, 0.29) is 18.0 Å². The first-order valence-corrected chi connectivity index (χ1v) is 11.4. The summed E-state index contributed by atoms with van der Waals surface area (Å²) in [6.07, 6.45) is 0.850. The molecule has 2 aromatic carbocycles. The molecule has 0 radical (unpaired) electrons. The van der Waals surface area contributed by atoms with Gasteiger partial charge in [-0.25, -0.2) is 9.58 Å². The maximum atomic E-state index is 7.02. The van der Waals surface area contributed by atoms with Gasteiger partial charge in [-0.15, -0.1) is 0 Å². The maximum Gasteiger partial charge on any atom is 0.160 e. The van der Waals surface area contributed by atoms with Gasteiger partial charge in [0.15, 0.2) is 6.29 Å². The minimum Gasteiger partial charge on any atom is -0.497 e. The second kappa shape index (κ2) is 9.52. The predicted octanol–water partition coefficient (Wildman–Crippen LogP) is 3.26. The lowest BCUT2D eigenvalue weighted by Crippen LogP contribution is -2.64. The third-order valence-corrected chi connectivity index (χ3v) is 6.58. The minimum atomic E-state index is -0.533. The monoisotopic (exact) mass is 449 g/mol. The molecule has 1 aliphatic rings. The Labute approximate surface area is 195 Å². The molecule has 8 nitrogen and oxygen atoms in total. The van der Waals surface area contributed by atoms with E-state index in [4.69, 9.17) is 27.0 Å². The molecule has 4 rings (SSSR count). The molecule has 0 fully saturated rings. The van der Waals surface area contributed by atoms with E-state index in [0.717, 1.165) is 28.3 Å². The lowest BCUT2D eigenvalue weighted by molar-refractivity contribution is 0.0184. The maximum absolute atomic E-state index is 7.02. The van der Waals surface area contributed by atoms with Gasteiger partial charge in [0.05, 0.1) is 19.3 Å². The zero-order valence-corrected chi connectivity index (χ0v) is 19.8. The molecule has 8 heteroatoms. The van der Waals surface area contributed by atoms with Gasteiger partial charge in [0, 0.05) is 18.2 Å². The second-order valence-corrected chi connectivity index (χ2v) is 8.82. The van der Waals surface area contributed by atoms with Crippen molar-refractivity contribution in [3.63, 3.8) is 0 Å². The van der Waals surface area contributed by atoms with E-state index in [0.29, 0.717) is 6.54 Å². The molecular weight excluding hydrogens is 414 g/mol. The first-order chi connectivity index (χ1) is 15.9. The van der Waals surface area contributed by atoms with Crippen LogP contribution in [0.15, 0.2) is 60.8 Å². The molecule has 3 aromatic rings. The fourth-order valence-corrected chi connectivity index (χ4v) is 4.74. The van der Waals surface area contributed by atoms with Crippen LogP contribution in [0.1, 0.15) is 61.8 Å². The van der Waals surface area contributed by atoms with Gasteiger partial charge in [0.25, 0.3) is 0 Å². The average Bonchev–Trinajstić information content (AvgIpc) is 3.28. The first-order valence-electron chi connectivity index (χ1n) is 11.4. The van der Waals surface area contributed by atoms with E-state index >= 15 is 0 Å². The molecule has 0 saturated carbocycles. The Morgan fingerprint density at radius 1 is 0.970 bits per heavy atom. The second-order valence-electron chi connectivity index (χ2n) is 8.82. The SMILES string of the molecule is COc1cccc([C@H](C)N2C(N)N(C(CN)c3ccccc3)c3c(C(C)C)cnn3C2N)c1. The van der Waals surface area contributed by atoms with Crippen LogP contribution in [-0.4, -0.2) is 34.6 Å². The van der Waals surface area contributed by atoms with E-state index in [9.17, 15) is 0 Å². The Morgan fingerprint density at radius 3 is 2.30 bits per heavy atom. The molecule has 1 aliphatic heterocycles. The number of rotatable bonds is 7. The summed E-state index contributed by atoms with van der Waals surface area (Å²) in [5.74, 6) is 1.98. The molecule has 0 aliphatic carbocycles. The van der Waals surface area contributed by atoms with Gasteiger partial charge in [-0.1, -0.05) is 56.3 Å². The number of hydrogen-bond acceptors (Lipinski definition) is 7. The molecule has 0 amide bonds. The third-order valence-electron chi connectivity index (χ3n) is 6.58. The van der Waals surface area contributed by atoms with Gasteiger partial charge >= 0.3 is 0 Å². The molecule has 0 saturated heterocycles. The summed E-state index contributed by atoms with van der Waals surface area (Å²) >= 11 is 0. The summed E-state index contributed by atoms with van der Waals surface area (Å²) < 4.78 is 7.32. The zero-order chi connectivity index (χ0) is 23.7. The quantitative estimate of drug-likeness (QED) is 0.508. The van der Waals surface area contributed by atoms with Crippen LogP contribution in [0.4, 0.5) is 5.82 Å². The smallest absolute Gasteiger partial charge is 0.160 e. The van der Waals surface area contributed by atoms with Crippen LogP contribution in [0.3, 0.4) is 0 Å². The summed E-state index contributed by atoms with van der Waals surface area (Å²) in [7, 11) is 1.67. The van der Waals surface area contributed by atoms with E-state index in [2.05, 4.69) is 48.8 Å². The van der Waals surface area contributed by atoms with Crippen molar-refractivity contribution in [3.05, 3.63) is 77.5 Å². The molecule has 2 heterocycles. The molecule has 6 N–H and O–H groups in total. The Balaban J connectivity index is 1.84. The molecule has 4 atom stereocenters. The van der Waals surface area contributed by atoms with Crippen molar-refractivity contribution < 1.29 is 4.74 Å². The fourth-order valence-electron chi connectivity index (χ4n) is 4.74. The number of aromatic nitrogens is 2. The number of ether oxygens (including phenoxy) is 1. The number of anilines is 1. The Morgan fingerprint density at radius 2 is 1.67 bits per heavy atom. The van der Waals surface area contributed by atoms with Gasteiger partial charge in [0.1, 0.15) is 17.9 Å². The first kappa shape index (κ1) is 23.3. The van der Waals surface area contributed by atoms with Crippen LogP contribution < -0.4 is 26.8 Å². The Kier molecular flexibility index (Phi) is 6.71. The van der Waals surface area contributed by atoms with Crippen molar-refractivity contribution in [2.45, 2.75) is 51.4 Å². The van der Waals surface area contributed by atoms with Crippen molar-refractivity contribution >= 4 is 5.82 Å².